The van der Waals surface area contributed by atoms with E-state index >= 15 is 0 Å². The number of halogens is 2. The number of likely N-dealkylation sites (tertiary alicyclic amines) is 1. The van der Waals surface area contributed by atoms with Crippen molar-refractivity contribution in [2.75, 3.05) is 18.4 Å². The Hall–Kier alpha value is -2.44. The third kappa shape index (κ3) is 4.28. The lowest BCUT2D eigenvalue weighted by Crippen LogP contribution is -2.45. The summed E-state index contributed by atoms with van der Waals surface area (Å²) < 4.78 is 28.3. The molecule has 1 atom stereocenters. The van der Waals surface area contributed by atoms with Crippen LogP contribution in [0.15, 0.2) is 24.3 Å². The number of aromatic nitrogens is 2. The van der Waals surface area contributed by atoms with E-state index < -0.39 is 11.6 Å². The first-order chi connectivity index (χ1) is 12.9. The number of nitrogens with one attached hydrogen (secondary N) is 1. The number of carbonyl (C=O) groups is 1. The normalized spacial score (nSPS) is 17.4. The number of rotatable bonds is 5. The van der Waals surface area contributed by atoms with E-state index in [2.05, 4.69) is 24.3 Å². The Bertz CT molecular complexity index is 818. The molecule has 0 radical (unpaired) electrons. The van der Waals surface area contributed by atoms with Gasteiger partial charge in [0.2, 0.25) is 0 Å². The zero-order valence-electron chi connectivity index (χ0n) is 16.0. The molecule has 3 rings (SSSR count). The van der Waals surface area contributed by atoms with Gasteiger partial charge >= 0.3 is 0 Å². The number of piperidine rings is 1. The van der Waals surface area contributed by atoms with Gasteiger partial charge in [-0.25, -0.2) is 8.78 Å². The smallest absolute Gasteiger partial charge is 0.272 e. The van der Waals surface area contributed by atoms with Gasteiger partial charge in [0.25, 0.3) is 5.91 Å². The van der Waals surface area contributed by atoms with Crippen LogP contribution in [0.1, 0.15) is 55.7 Å². The minimum atomic E-state index is -0.878. The molecule has 1 aromatic heterocycles. The van der Waals surface area contributed by atoms with Crippen molar-refractivity contribution in [1.82, 2.24) is 14.7 Å². The summed E-state index contributed by atoms with van der Waals surface area (Å²) in [7, 11) is 0. The van der Waals surface area contributed by atoms with Crippen molar-refractivity contribution in [2.45, 2.75) is 52.1 Å². The van der Waals surface area contributed by atoms with Gasteiger partial charge in [-0.2, -0.15) is 5.10 Å². The van der Waals surface area contributed by atoms with Crippen molar-refractivity contribution < 1.29 is 13.6 Å². The van der Waals surface area contributed by atoms with Crippen LogP contribution in [0.5, 0.6) is 0 Å². The fourth-order valence-corrected chi connectivity index (χ4v) is 3.40. The molecular formula is C20H26F2N4O. The Morgan fingerprint density at radius 3 is 2.74 bits per heavy atom. The molecule has 0 saturated carbocycles. The standard InChI is InChI=1S/C20H26F2N4O/c1-4-26-19(11-18(24-26)13(2)3)20(27)25-9-5-6-15(12-25)23-14-7-8-16(21)17(22)10-14/h7-8,10-11,13,15,23H,4-6,9,12H2,1-3H3/t15-/m0/s1. The Morgan fingerprint density at radius 1 is 1.30 bits per heavy atom. The van der Waals surface area contributed by atoms with Gasteiger partial charge in [0.15, 0.2) is 11.6 Å². The fraction of sp³-hybridized carbons (Fsp3) is 0.500. The molecule has 7 heteroatoms. The third-order valence-corrected chi connectivity index (χ3v) is 4.91. The molecule has 146 valence electrons. The summed E-state index contributed by atoms with van der Waals surface area (Å²) in [6.45, 7) is 7.92. The molecule has 1 amide bonds. The summed E-state index contributed by atoms with van der Waals surface area (Å²) in [5.41, 5.74) is 2.04. The van der Waals surface area contributed by atoms with Crippen LogP contribution in [0, 0.1) is 11.6 Å². The molecule has 1 fully saturated rings. The number of hydrogen-bond donors (Lipinski definition) is 1. The number of benzene rings is 1. The van der Waals surface area contributed by atoms with Crippen molar-refractivity contribution in [3.63, 3.8) is 0 Å². The van der Waals surface area contributed by atoms with Gasteiger partial charge in [0, 0.05) is 37.4 Å². The first-order valence-electron chi connectivity index (χ1n) is 9.47. The second-order valence-corrected chi connectivity index (χ2v) is 7.29. The average molecular weight is 376 g/mol. The van der Waals surface area contributed by atoms with Gasteiger partial charge in [0.05, 0.1) is 5.69 Å². The molecule has 1 saturated heterocycles. The maximum atomic E-state index is 13.4. The molecular weight excluding hydrogens is 350 g/mol. The number of nitrogens with zero attached hydrogens (tertiary/aromatic N) is 3. The highest BCUT2D eigenvalue weighted by Gasteiger charge is 2.27. The molecule has 0 bridgehead atoms. The minimum absolute atomic E-state index is 0.00451. The van der Waals surface area contributed by atoms with Gasteiger partial charge in [-0.3, -0.25) is 9.48 Å². The highest BCUT2D eigenvalue weighted by Crippen LogP contribution is 2.21. The molecule has 2 aromatic rings. The van der Waals surface area contributed by atoms with Gasteiger partial charge in [-0.1, -0.05) is 13.8 Å². The van der Waals surface area contributed by atoms with E-state index in [1.807, 2.05) is 17.9 Å². The van der Waals surface area contributed by atoms with Crippen LogP contribution < -0.4 is 5.32 Å². The largest absolute Gasteiger partial charge is 0.380 e. The highest BCUT2D eigenvalue weighted by molar-refractivity contribution is 5.93. The number of anilines is 1. The summed E-state index contributed by atoms with van der Waals surface area (Å²) in [5, 5.41) is 7.74. The molecule has 0 aliphatic carbocycles. The van der Waals surface area contributed by atoms with Crippen molar-refractivity contribution in [1.29, 1.82) is 0 Å². The fourth-order valence-electron chi connectivity index (χ4n) is 3.40. The van der Waals surface area contributed by atoms with Crippen LogP contribution >= 0.6 is 0 Å². The van der Waals surface area contributed by atoms with Crippen LogP contribution in [-0.2, 0) is 6.54 Å². The summed E-state index contributed by atoms with van der Waals surface area (Å²) in [4.78, 5) is 14.9. The average Bonchev–Trinajstić information content (AvgIpc) is 3.09. The minimum Gasteiger partial charge on any atom is -0.380 e. The molecule has 5 nitrogen and oxygen atoms in total. The molecule has 0 spiro atoms. The van der Waals surface area contributed by atoms with Gasteiger partial charge in [-0.05, 0) is 43.9 Å². The summed E-state index contributed by atoms with van der Waals surface area (Å²) in [6.07, 6.45) is 1.72. The molecule has 2 heterocycles. The lowest BCUT2D eigenvalue weighted by Gasteiger charge is -2.33. The topological polar surface area (TPSA) is 50.2 Å². The Balaban J connectivity index is 1.72. The van der Waals surface area contributed by atoms with E-state index in [1.54, 1.807) is 4.68 Å². The number of hydrogen-bond acceptors (Lipinski definition) is 3. The summed E-state index contributed by atoms with van der Waals surface area (Å²) in [5.74, 6) is -1.52. The summed E-state index contributed by atoms with van der Waals surface area (Å²) >= 11 is 0. The van der Waals surface area contributed by atoms with Crippen LogP contribution in [0.2, 0.25) is 0 Å². The molecule has 0 unspecified atom stereocenters. The highest BCUT2D eigenvalue weighted by atomic mass is 19.2. The lowest BCUT2D eigenvalue weighted by atomic mass is 10.0. The zero-order chi connectivity index (χ0) is 19.6. The van der Waals surface area contributed by atoms with E-state index in [1.165, 1.54) is 6.07 Å². The molecule has 1 N–H and O–H groups in total. The molecule has 1 aliphatic rings. The SMILES string of the molecule is CCn1nc(C(C)C)cc1C(=O)N1CCC[C@H](Nc2ccc(F)c(F)c2)C1. The first kappa shape index (κ1) is 19.3. The van der Waals surface area contributed by atoms with Crippen molar-refractivity contribution in [2.24, 2.45) is 0 Å². The lowest BCUT2D eigenvalue weighted by molar-refractivity contribution is 0.0702. The zero-order valence-corrected chi connectivity index (χ0v) is 16.0. The van der Waals surface area contributed by atoms with Crippen LogP contribution in [-0.4, -0.2) is 39.7 Å². The van der Waals surface area contributed by atoms with Crippen molar-refractivity contribution in [3.8, 4) is 0 Å². The second kappa shape index (κ2) is 8.06. The van der Waals surface area contributed by atoms with E-state index in [0.717, 1.165) is 30.7 Å². The molecule has 1 aliphatic heterocycles. The predicted molar refractivity (Wildman–Crippen MR) is 101 cm³/mol. The molecule has 1 aromatic carbocycles. The van der Waals surface area contributed by atoms with Gasteiger partial charge in [-0.15, -0.1) is 0 Å². The number of amides is 1. The van der Waals surface area contributed by atoms with Crippen LogP contribution in [0.3, 0.4) is 0 Å². The predicted octanol–water partition coefficient (Wildman–Crippen LogP) is 4.02. The van der Waals surface area contributed by atoms with E-state index in [0.29, 0.717) is 31.0 Å². The summed E-state index contributed by atoms with van der Waals surface area (Å²) in [6, 6.07) is 5.65. The monoisotopic (exact) mass is 376 g/mol. The number of aryl methyl sites for hydroxylation is 1. The number of carbonyl (C=O) groups excluding carboxylic acids is 1. The first-order valence-corrected chi connectivity index (χ1v) is 9.47. The Kier molecular flexibility index (Phi) is 5.77. The van der Waals surface area contributed by atoms with Gasteiger partial charge < -0.3 is 10.2 Å². The maximum Gasteiger partial charge on any atom is 0.272 e. The van der Waals surface area contributed by atoms with Crippen LogP contribution in [0.25, 0.3) is 0 Å². The van der Waals surface area contributed by atoms with Gasteiger partial charge in [0.1, 0.15) is 5.69 Å². The van der Waals surface area contributed by atoms with Crippen molar-refractivity contribution in [3.05, 3.63) is 47.3 Å². The Morgan fingerprint density at radius 2 is 2.07 bits per heavy atom. The molecule has 27 heavy (non-hydrogen) atoms. The van der Waals surface area contributed by atoms with E-state index in [9.17, 15) is 13.6 Å². The quantitative estimate of drug-likeness (QED) is 0.857. The second-order valence-electron chi connectivity index (χ2n) is 7.29. The Labute approximate surface area is 158 Å². The maximum absolute atomic E-state index is 13.4. The van der Waals surface area contributed by atoms with Crippen LogP contribution in [0.4, 0.5) is 14.5 Å². The third-order valence-electron chi connectivity index (χ3n) is 4.91. The van der Waals surface area contributed by atoms with Crippen molar-refractivity contribution >= 4 is 11.6 Å². The van der Waals surface area contributed by atoms with E-state index in [-0.39, 0.29) is 17.9 Å². The van der Waals surface area contributed by atoms with E-state index in [4.69, 9.17) is 0 Å².